The largest absolute Gasteiger partial charge is 0.356 e. The van der Waals surface area contributed by atoms with Crippen LogP contribution in [0.5, 0.6) is 0 Å². The molecule has 0 N–H and O–H groups in total. The molecule has 23 heavy (non-hydrogen) atoms. The topological polar surface area (TPSA) is 83.8 Å². The van der Waals surface area contributed by atoms with Gasteiger partial charge in [0.25, 0.3) is 5.69 Å². The third-order valence-corrected chi connectivity index (χ3v) is 4.79. The van der Waals surface area contributed by atoms with Gasteiger partial charge in [-0.3, -0.25) is 24.6 Å². The first-order valence-electron chi connectivity index (χ1n) is 7.80. The third-order valence-electron chi connectivity index (χ3n) is 4.79. The van der Waals surface area contributed by atoms with Gasteiger partial charge < -0.3 is 4.90 Å². The molecule has 2 aliphatic rings. The highest BCUT2D eigenvalue weighted by Crippen LogP contribution is 2.38. The van der Waals surface area contributed by atoms with E-state index in [0.717, 1.165) is 31.4 Å². The second-order valence-corrected chi connectivity index (χ2v) is 6.21. The highest BCUT2D eigenvalue weighted by molar-refractivity contribution is 6.05. The average Bonchev–Trinajstić information content (AvgIpc) is 2.80. The first-order valence-corrected chi connectivity index (χ1v) is 7.80. The summed E-state index contributed by atoms with van der Waals surface area (Å²) in [7, 11) is 1.77. The molecule has 2 unspecified atom stereocenters. The Morgan fingerprint density at radius 1 is 1.13 bits per heavy atom. The minimum Gasteiger partial charge on any atom is -0.356 e. The summed E-state index contributed by atoms with van der Waals surface area (Å²) in [6, 6.07) is 6.07. The molecule has 7 nitrogen and oxygen atoms in total. The molecule has 122 valence electrons. The maximum Gasteiger partial charge on any atom is 0.269 e. The lowest BCUT2D eigenvalue weighted by molar-refractivity contribution is -0.384. The monoisotopic (exact) mass is 317 g/mol. The van der Waals surface area contributed by atoms with Gasteiger partial charge in [0.2, 0.25) is 11.8 Å². The van der Waals surface area contributed by atoms with Crippen LogP contribution in [0.1, 0.15) is 25.7 Å². The van der Waals surface area contributed by atoms with E-state index in [9.17, 15) is 19.7 Å². The lowest BCUT2D eigenvalue weighted by atomic mass is 9.81. The van der Waals surface area contributed by atoms with Gasteiger partial charge in [0, 0.05) is 24.9 Å². The van der Waals surface area contributed by atoms with E-state index in [-0.39, 0.29) is 36.0 Å². The quantitative estimate of drug-likeness (QED) is 0.483. The fourth-order valence-electron chi connectivity index (χ4n) is 3.49. The first kappa shape index (κ1) is 15.5. The summed E-state index contributed by atoms with van der Waals surface area (Å²) in [6.07, 6.45) is 3.61. The molecule has 1 aromatic rings. The van der Waals surface area contributed by atoms with Gasteiger partial charge in [0.05, 0.1) is 16.8 Å². The van der Waals surface area contributed by atoms with Crippen molar-refractivity contribution in [3.8, 4) is 0 Å². The fourth-order valence-corrected chi connectivity index (χ4v) is 3.49. The van der Waals surface area contributed by atoms with E-state index in [4.69, 9.17) is 0 Å². The van der Waals surface area contributed by atoms with Crippen molar-refractivity contribution in [3.63, 3.8) is 0 Å². The van der Waals surface area contributed by atoms with Crippen LogP contribution in [0.25, 0.3) is 0 Å². The molecule has 3 rings (SSSR count). The molecule has 1 saturated carbocycles. The Balaban J connectivity index is 1.72. The minimum absolute atomic E-state index is 0.0153. The number of anilines is 1. The van der Waals surface area contributed by atoms with Gasteiger partial charge in [-0.15, -0.1) is 0 Å². The van der Waals surface area contributed by atoms with Gasteiger partial charge in [-0.1, -0.05) is 12.8 Å². The molecule has 0 radical (unpaired) electrons. The molecular formula is C16H19N3O4. The Morgan fingerprint density at radius 3 is 2.13 bits per heavy atom. The van der Waals surface area contributed by atoms with E-state index in [1.165, 1.54) is 17.0 Å². The zero-order chi connectivity index (χ0) is 16.6. The number of nitrogens with zero attached hydrogens (tertiary/aromatic N) is 3. The van der Waals surface area contributed by atoms with E-state index in [0.29, 0.717) is 0 Å². The Hall–Kier alpha value is -2.44. The van der Waals surface area contributed by atoms with Crippen LogP contribution in [0.15, 0.2) is 24.3 Å². The van der Waals surface area contributed by atoms with Gasteiger partial charge in [-0.2, -0.15) is 0 Å². The first-order chi connectivity index (χ1) is 11.0. The predicted octanol–water partition coefficient (Wildman–Crippen LogP) is 2.16. The van der Waals surface area contributed by atoms with Crippen molar-refractivity contribution in [3.05, 3.63) is 34.4 Å². The van der Waals surface area contributed by atoms with Gasteiger partial charge >= 0.3 is 0 Å². The molecule has 1 aliphatic carbocycles. The molecule has 1 aromatic carbocycles. The second kappa shape index (κ2) is 5.98. The fraction of sp³-hybridized carbons (Fsp3) is 0.500. The summed E-state index contributed by atoms with van der Waals surface area (Å²) in [6.45, 7) is 0.183. The van der Waals surface area contributed by atoms with Gasteiger partial charge in [-0.25, -0.2) is 0 Å². The van der Waals surface area contributed by atoms with Crippen molar-refractivity contribution in [2.75, 3.05) is 18.6 Å². The van der Waals surface area contributed by atoms with Crippen LogP contribution >= 0.6 is 0 Å². The molecule has 1 saturated heterocycles. The van der Waals surface area contributed by atoms with E-state index in [1.807, 2.05) is 0 Å². The van der Waals surface area contributed by atoms with Crippen molar-refractivity contribution in [1.29, 1.82) is 0 Å². The van der Waals surface area contributed by atoms with E-state index in [2.05, 4.69) is 0 Å². The third kappa shape index (κ3) is 2.78. The number of amides is 2. The molecule has 0 bridgehead atoms. The summed E-state index contributed by atoms with van der Waals surface area (Å²) in [5, 5.41) is 10.7. The predicted molar refractivity (Wildman–Crippen MR) is 83.7 cm³/mol. The molecule has 2 amide bonds. The molecule has 1 aliphatic heterocycles. The van der Waals surface area contributed by atoms with Crippen LogP contribution in [-0.2, 0) is 9.59 Å². The normalized spacial score (nSPS) is 23.8. The second-order valence-electron chi connectivity index (χ2n) is 6.21. The molecule has 2 atom stereocenters. The Morgan fingerprint density at radius 2 is 1.65 bits per heavy atom. The molecule has 7 heteroatoms. The van der Waals surface area contributed by atoms with Gasteiger partial charge in [0.1, 0.15) is 6.67 Å². The summed E-state index contributed by atoms with van der Waals surface area (Å²) in [4.78, 5) is 38.2. The molecule has 1 heterocycles. The number of nitro groups is 1. The van der Waals surface area contributed by atoms with Gasteiger partial charge in [0.15, 0.2) is 0 Å². The number of imide groups is 1. The number of hydrogen-bond acceptors (Lipinski definition) is 5. The van der Waals surface area contributed by atoms with Crippen LogP contribution in [0.2, 0.25) is 0 Å². The zero-order valence-electron chi connectivity index (χ0n) is 13.0. The van der Waals surface area contributed by atoms with Gasteiger partial charge in [-0.05, 0) is 25.0 Å². The Bertz CT molecular complexity index is 619. The number of non-ortho nitro benzene ring substituents is 1. The molecule has 2 fully saturated rings. The standard InChI is InChI=1S/C16H19N3O4/c1-17(11-6-8-12(9-7-11)19(22)23)10-18-15(20)13-4-2-3-5-14(13)16(18)21/h6-9,13-14H,2-5,10H2,1H3. The number of carbonyl (C=O) groups excluding carboxylic acids is 2. The summed E-state index contributed by atoms with van der Waals surface area (Å²) in [5.41, 5.74) is 0.743. The van der Waals surface area contributed by atoms with Crippen LogP contribution in [0, 0.1) is 22.0 Å². The number of rotatable bonds is 4. The number of carbonyl (C=O) groups is 2. The Labute approximate surface area is 134 Å². The van der Waals surface area contributed by atoms with E-state index < -0.39 is 4.92 Å². The number of hydrogen-bond donors (Lipinski definition) is 0. The van der Waals surface area contributed by atoms with Crippen molar-refractivity contribution in [2.24, 2.45) is 11.8 Å². The Kier molecular flexibility index (Phi) is 4.02. The maximum absolute atomic E-state index is 12.4. The number of nitro benzene ring substituents is 1. The summed E-state index contributed by atoms with van der Waals surface area (Å²) >= 11 is 0. The summed E-state index contributed by atoms with van der Waals surface area (Å²) < 4.78 is 0. The molecular weight excluding hydrogens is 298 g/mol. The lowest BCUT2D eigenvalue weighted by Crippen LogP contribution is -2.40. The van der Waals surface area contributed by atoms with E-state index in [1.54, 1.807) is 24.1 Å². The number of benzene rings is 1. The highest BCUT2D eigenvalue weighted by atomic mass is 16.6. The van der Waals surface area contributed by atoms with Crippen LogP contribution < -0.4 is 4.90 Å². The highest BCUT2D eigenvalue weighted by Gasteiger charge is 2.48. The van der Waals surface area contributed by atoms with Crippen molar-refractivity contribution < 1.29 is 14.5 Å². The minimum atomic E-state index is -0.456. The SMILES string of the molecule is CN(CN1C(=O)C2CCCCC2C1=O)c1ccc([N+](=O)[O-])cc1. The number of fused-ring (bicyclic) bond motifs is 1. The summed E-state index contributed by atoms with van der Waals surface area (Å²) in [5.74, 6) is -0.454. The number of likely N-dealkylation sites (tertiary alicyclic amines) is 1. The van der Waals surface area contributed by atoms with Crippen LogP contribution in [-0.4, -0.2) is 35.4 Å². The van der Waals surface area contributed by atoms with Crippen LogP contribution in [0.4, 0.5) is 11.4 Å². The van der Waals surface area contributed by atoms with E-state index >= 15 is 0 Å². The smallest absolute Gasteiger partial charge is 0.269 e. The van der Waals surface area contributed by atoms with Crippen molar-refractivity contribution in [1.82, 2.24) is 4.90 Å². The van der Waals surface area contributed by atoms with Crippen LogP contribution in [0.3, 0.4) is 0 Å². The maximum atomic E-state index is 12.4. The lowest BCUT2D eigenvalue weighted by Gasteiger charge is -2.25. The molecule has 0 spiro atoms. The van der Waals surface area contributed by atoms with Crippen molar-refractivity contribution >= 4 is 23.2 Å². The van der Waals surface area contributed by atoms with Crippen molar-refractivity contribution in [2.45, 2.75) is 25.7 Å². The molecule has 0 aromatic heterocycles. The average molecular weight is 317 g/mol. The zero-order valence-corrected chi connectivity index (χ0v) is 13.0.